The highest BCUT2D eigenvalue weighted by Gasteiger charge is 2.22. The molecule has 1 heterocycles. The van der Waals surface area contributed by atoms with Crippen molar-refractivity contribution in [2.75, 3.05) is 26.2 Å². The Morgan fingerprint density at radius 2 is 1.60 bits per heavy atom. The van der Waals surface area contributed by atoms with Gasteiger partial charge in [0.25, 0.3) is 5.69 Å². The summed E-state index contributed by atoms with van der Waals surface area (Å²) in [5.41, 5.74) is 1.37. The molecule has 1 aliphatic rings. The van der Waals surface area contributed by atoms with Crippen LogP contribution in [0.25, 0.3) is 17.2 Å². The van der Waals surface area contributed by atoms with E-state index >= 15 is 0 Å². The lowest BCUT2D eigenvalue weighted by atomic mass is 9.94. The molecule has 0 saturated carbocycles. The van der Waals surface area contributed by atoms with Gasteiger partial charge in [-0.3, -0.25) is 24.5 Å². The average molecular weight is 407 g/mol. The smallest absolute Gasteiger partial charge is 0.277 e. The van der Waals surface area contributed by atoms with Crippen LogP contribution >= 0.6 is 0 Å². The summed E-state index contributed by atoms with van der Waals surface area (Å²) in [6.45, 7) is 3.31. The first-order valence-electron chi connectivity index (χ1n) is 9.47. The normalized spacial score (nSPS) is 14.0. The van der Waals surface area contributed by atoms with Crippen molar-refractivity contribution < 1.29 is 19.3 Å². The van der Waals surface area contributed by atoms with Crippen LogP contribution in [0.2, 0.25) is 0 Å². The lowest BCUT2D eigenvalue weighted by molar-refractivity contribution is -0.384. The van der Waals surface area contributed by atoms with Gasteiger partial charge in [-0.15, -0.1) is 0 Å². The molecule has 0 radical (unpaired) electrons. The molecule has 8 heteroatoms. The van der Waals surface area contributed by atoms with Gasteiger partial charge in [-0.05, 0) is 17.2 Å². The SMILES string of the molecule is CC(=O)N1CCN(C(=O)/C=C/c2cccc([N+](=O)[O-])c2-c2ccccc2C=O)CC1. The van der Waals surface area contributed by atoms with Crippen LogP contribution < -0.4 is 0 Å². The Hall–Kier alpha value is -3.81. The summed E-state index contributed by atoms with van der Waals surface area (Å²) in [5, 5.41) is 11.6. The largest absolute Gasteiger partial charge is 0.339 e. The van der Waals surface area contributed by atoms with Crippen LogP contribution in [0.3, 0.4) is 0 Å². The van der Waals surface area contributed by atoms with Gasteiger partial charge in [-0.2, -0.15) is 0 Å². The maximum absolute atomic E-state index is 12.6. The summed E-state index contributed by atoms with van der Waals surface area (Å²) in [6.07, 6.45) is 3.55. The van der Waals surface area contributed by atoms with Crippen LogP contribution in [0.5, 0.6) is 0 Å². The molecule has 0 aromatic heterocycles. The standard InChI is InChI=1S/C22H21N3O5/c1-16(27)23-11-13-24(14-12-23)21(28)10-9-17-6-4-8-20(25(29)30)22(17)19-7-3-2-5-18(19)15-26/h2-10,15H,11-14H2,1H3/b10-9+. The van der Waals surface area contributed by atoms with Gasteiger partial charge in [0.1, 0.15) is 0 Å². The van der Waals surface area contributed by atoms with Gasteiger partial charge in [0.15, 0.2) is 6.29 Å². The number of rotatable bonds is 5. The summed E-state index contributed by atoms with van der Waals surface area (Å²) in [7, 11) is 0. The molecular formula is C22H21N3O5. The molecule has 0 unspecified atom stereocenters. The lowest BCUT2D eigenvalue weighted by Gasteiger charge is -2.33. The van der Waals surface area contributed by atoms with Crippen molar-refractivity contribution in [3.05, 3.63) is 69.8 Å². The summed E-state index contributed by atoms with van der Waals surface area (Å²) in [5.74, 6) is -0.257. The molecule has 2 aromatic carbocycles. The maximum Gasteiger partial charge on any atom is 0.277 e. The number of aldehydes is 1. The average Bonchev–Trinajstić information content (AvgIpc) is 2.77. The van der Waals surface area contributed by atoms with Gasteiger partial charge in [0.2, 0.25) is 11.8 Å². The van der Waals surface area contributed by atoms with Crippen molar-refractivity contribution in [1.29, 1.82) is 0 Å². The molecule has 30 heavy (non-hydrogen) atoms. The third-order valence-electron chi connectivity index (χ3n) is 5.07. The Labute approximate surface area is 173 Å². The van der Waals surface area contributed by atoms with E-state index in [1.807, 2.05) is 0 Å². The van der Waals surface area contributed by atoms with E-state index in [4.69, 9.17) is 0 Å². The fourth-order valence-corrected chi connectivity index (χ4v) is 3.48. The van der Waals surface area contributed by atoms with Crippen LogP contribution in [0, 0.1) is 10.1 Å². The summed E-state index contributed by atoms with van der Waals surface area (Å²) in [4.78, 5) is 49.9. The van der Waals surface area contributed by atoms with Crippen molar-refractivity contribution in [2.45, 2.75) is 6.92 Å². The zero-order valence-corrected chi connectivity index (χ0v) is 16.5. The first-order chi connectivity index (χ1) is 14.4. The molecule has 3 rings (SSSR count). The number of hydrogen-bond acceptors (Lipinski definition) is 5. The Morgan fingerprint density at radius 3 is 2.23 bits per heavy atom. The predicted molar refractivity (Wildman–Crippen MR) is 112 cm³/mol. The Balaban J connectivity index is 1.92. The third kappa shape index (κ3) is 4.43. The number of carbonyl (C=O) groups excluding carboxylic acids is 3. The molecule has 8 nitrogen and oxygen atoms in total. The minimum absolute atomic E-state index is 0.0206. The number of carbonyl (C=O) groups is 3. The molecule has 2 amide bonds. The van der Waals surface area contributed by atoms with Crippen LogP contribution in [-0.2, 0) is 9.59 Å². The molecule has 0 spiro atoms. The molecule has 1 saturated heterocycles. The van der Waals surface area contributed by atoms with Crippen LogP contribution in [-0.4, -0.2) is 59.0 Å². The highest BCUT2D eigenvalue weighted by Crippen LogP contribution is 2.35. The summed E-state index contributed by atoms with van der Waals surface area (Å²) >= 11 is 0. The Morgan fingerprint density at radius 1 is 0.967 bits per heavy atom. The van der Waals surface area contributed by atoms with Crippen LogP contribution in [0.4, 0.5) is 5.69 Å². The molecule has 1 aliphatic heterocycles. The fraction of sp³-hybridized carbons (Fsp3) is 0.227. The molecule has 0 aliphatic carbocycles. The minimum atomic E-state index is -0.503. The van der Waals surface area contributed by atoms with Crippen molar-refractivity contribution in [3.8, 4) is 11.1 Å². The number of hydrogen-bond donors (Lipinski definition) is 0. The van der Waals surface area contributed by atoms with E-state index in [-0.39, 0.29) is 23.1 Å². The number of nitro benzene ring substituents is 1. The monoisotopic (exact) mass is 407 g/mol. The van der Waals surface area contributed by atoms with Crippen molar-refractivity contribution in [3.63, 3.8) is 0 Å². The van der Waals surface area contributed by atoms with E-state index in [9.17, 15) is 24.5 Å². The van der Waals surface area contributed by atoms with E-state index in [1.54, 1.807) is 46.2 Å². The van der Waals surface area contributed by atoms with E-state index in [0.717, 1.165) is 0 Å². The second kappa shape index (κ2) is 9.13. The number of nitro groups is 1. The minimum Gasteiger partial charge on any atom is -0.339 e. The summed E-state index contributed by atoms with van der Waals surface area (Å²) < 4.78 is 0. The Bertz CT molecular complexity index is 1020. The molecule has 0 atom stereocenters. The quantitative estimate of drug-likeness (QED) is 0.328. The van der Waals surface area contributed by atoms with E-state index in [1.165, 1.54) is 25.1 Å². The number of benzene rings is 2. The molecular weight excluding hydrogens is 386 g/mol. The van der Waals surface area contributed by atoms with Gasteiger partial charge < -0.3 is 9.80 Å². The Kier molecular flexibility index (Phi) is 6.36. The molecule has 1 fully saturated rings. The van der Waals surface area contributed by atoms with Crippen molar-refractivity contribution >= 4 is 29.9 Å². The number of amides is 2. The zero-order valence-electron chi connectivity index (χ0n) is 16.5. The van der Waals surface area contributed by atoms with Gasteiger partial charge >= 0.3 is 0 Å². The van der Waals surface area contributed by atoms with Crippen LogP contribution in [0.15, 0.2) is 48.5 Å². The van der Waals surface area contributed by atoms with E-state index in [0.29, 0.717) is 49.2 Å². The van der Waals surface area contributed by atoms with Crippen molar-refractivity contribution in [1.82, 2.24) is 9.80 Å². The lowest BCUT2D eigenvalue weighted by Crippen LogP contribution is -2.49. The first kappa shape index (κ1) is 20.9. The predicted octanol–water partition coefficient (Wildman–Crippen LogP) is 2.78. The second-order valence-corrected chi connectivity index (χ2v) is 6.87. The van der Waals surface area contributed by atoms with E-state index < -0.39 is 4.92 Å². The fourth-order valence-electron chi connectivity index (χ4n) is 3.48. The topological polar surface area (TPSA) is 101 Å². The number of piperazine rings is 1. The molecule has 2 aromatic rings. The highest BCUT2D eigenvalue weighted by molar-refractivity contribution is 5.97. The van der Waals surface area contributed by atoms with E-state index in [2.05, 4.69) is 0 Å². The van der Waals surface area contributed by atoms with Crippen molar-refractivity contribution in [2.24, 2.45) is 0 Å². The molecule has 0 bridgehead atoms. The first-order valence-corrected chi connectivity index (χ1v) is 9.47. The van der Waals surface area contributed by atoms with Gasteiger partial charge in [-0.25, -0.2) is 0 Å². The zero-order chi connectivity index (χ0) is 21.7. The summed E-state index contributed by atoms with van der Waals surface area (Å²) in [6, 6.07) is 11.2. The highest BCUT2D eigenvalue weighted by atomic mass is 16.6. The van der Waals surface area contributed by atoms with Gasteiger partial charge in [0.05, 0.1) is 10.5 Å². The van der Waals surface area contributed by atoms with Gasteiger partial charge in [-0.1, -0.05) is 36.4 Å². The van der Waals surface area contributed by atoms with Crippen LogP contribution in [0.1, 0.15) is 22.8 Å². The molecule has 0 N–H and O–H groups in total. The maximum atomic E-state index is 12.6. The number of nitrogens with zero attached hydrogens (tertiary/aromatic N) is 3. The molecule has 154 valence electrons. The van der Waals surface area contributed by atoms with Gasteiger partial charge in [0, 0.05) is 50.8 Å². The second-order valence-electron chi connectivity index (χ2n) is 6.87. The third-order valence-corrected chi connectivity index (χ3v) is 5.07.